The van der Waals surface area contributed by atoms with Crippen molar-refractivity contribution in [2.24, 2.45) is 0 Å². The molecule has 3 rings (SSSR count). The molecule has 1 fully saturated rings. The number of carbonyl (C=O) groups excluding carboxylic acids is 4. The molecule has 1 unspecified atom stereocenters. The number of esters is 1. The molecule has 0 spiro atoms. The number of aliphatic carboxylic acids is 1. The van der Waals surface area contributed by atoms with Crippen molar-refractivity contribution in [3.63, 3.8) is 0 Å². The third-order valence-electron chi connectivity index (χ3n) is 6.40. The summed E-state index contributed by atoms with van der Waals surface area (Å²) in [7, 11) is 1.12. The van der Waals surface area contributed by atoms with Gasteiger partial charge in [-0.3, -0.25) is 14.4 Å². The highest BCUT2D eigenvalue weighted by Gasteiger charge is 2.34. The minimum absolute atomic E-state index is 0.0130. The van der Waals surface area contributed by atoms with Crippen molar-refractivity contribution in [3.8, 4) is 11.6 Å². The Labute approximate surface area is 241 Å². The monoisotopic (exact) mass is 589 g/mol. The molecular weight excluding hydrogens is 554 g/mol. The number of hydrogen-bond donors (Lipinski definition) is 3. The Balaban J connectivity index is 1.80. The molecule has 2 atom stereocenters. The van der Waals surface area contributed by atoms with E-state index in [2.05, 4.69) is 15.2 Å². The lowest BCUT2D eigenvalue weighted by molar-refractivity contribution is -0.163. The zero-order chi connectivity index (χ0) is 30.9. The molecule has 0 radical (unpaired) electrons. The number of nitrogens with zero attached hydrogens (tertiary/aromatic N) is 4. The molecule has 1 aliphatic heterocycles. The maximum Gasteiger partial charge on any atom is 0.409 e. The number of piperazine rings is 1. The maximum atomic E-state index is 13.3. The van der Waals surface area contributed by atoms with E-state index in [4.69, 9.17) is 9.47 Å². The smallest absolute Gasteiger partial charge is 0.409 e. The Morgan fingerprint density at radius 1 is 1.07 bits per heavy atom. The summed E-state index contributed by atoms with van der Waals surface area (Å²) in [5, 5.41) is 26.5. The van der Waals surface area contributed by atoms with Crippen molar-refractivity contribution in [2.75, 3.05) is 46.5 Å². The fourth-order valence-electron chi connectivity index (χ4n) is 4.13. The van der Waals surface area contributed by atoms with Crippen LogP contribution in [0.25, 0.3) is 5.69 Å². The maximum absolute atomic E-state index is 13.3. The normalized spacial score (nSPS) is 15.2. The van der Waals surface area contributed by atoms with Crippen molar-refractivity contribution in [1.82, 2.24) is 24.9 Å². The topological polar surface area (TPSA) is 190 Å². The SMILES string of the molecule is CCOC(=O)N1CCN(C(=O)[C@H](CCC(=O)O)NC(=O)c2cc(OCC(C)(O)C(=O)OC)n(-c3ccccc3)n2)CC1. The summed E-state index contributed by atoms with van der Waals surface area (Å²) >= 11 is 0. The number of aromatic nitrogens is 2. The second-order valence-electron chi connectivity index (χ2n) is 9.64. The van der Waals surface area contributed by atoms with Gasteiger partial charge in [0.05, 0.1) is 19.4 Å². The van der Waals surface area contributed by atoms with Crippen LogP contribution in [0.4, 0.5) is 4.79 Å². The highest BCUT2D eigenvalue weighted by atomic mass is 16.6. The van der Waals surface area contributed by atoms with E-state index in [0.29, 0.717) is 5.69 Å². The zero-order valence-corrected chi connectivity index (χ0v) is 23.6. The van der Waals surface area contributed by atoms with Gasteiger partial charge in [0.25, 0.3) is 5.91 Å². The molecule has 0 bridgehead atoms. The van der Waals surface area contributed by atoms with Gasteiger partial charge in [-0.2, -0.15) is 5.10 Å². The van der Waals surface area contributed by atoms with Crippen LogP contribution in [0.1, 0.15) is 37.2 Å². The molecule has 1 aliphatic rings. The summed E-state index contributed by atoms with van der Waals surface area (Å²) in [5.41, 5.74) is -1.65. The number of ether oxygens (including phenoxy) is 3. The fraction of sp³-hybridized carbons (Fsp3) is 0.481. The van der Waals surface area contributed by atoms with Crippen molar-refractivity contribution >= 4 is 29.8 Å². The second kappa shape index (κ2) is 14.3. The van der Waals surface area contributed by atoms with Crippen LogP contribution in [-0.2, 0) is 23.9 Å². The number of carboxylic acid groups (broad SMARTS) is 1. The molecule has 3 N–H and O–H groups in total. The highest BCUT2D eigenvalue weighted by molar-refractivity contribution is 5.96. The second-order valence-corrected chi connectivity index (χ2v) is 9.64. The number of carbonyl (C=O) groups is 5. The van der Waals surface area contributed by atoms with Crippen LogP contribution in [0.3, 0.4) is 0 Å². The van der Waals surface area contributed by atoms with Gasteiger partial charge in [0.2, 0.25) is 11.8 Å². The summed E-state index contributed by atoms with van der Waals surface area (Å²) in [6.45, 7) is 3.41. The number of benzene rings is 1. The van der Waals surface area contributed by atoms with E-state index in [0.717, 1.165) is 7.11 Å². The first-order chi connectivity index (χ1) is 20.0. The van der Waals surface area contributed by atoms with Gasteiger partial charge in [0.1, 0.15) is 12.6 Å². The van der Waals surface area contributed by atoms with Crippen LogP contribution >= 0.6 is 0 Å². The van der Waals surface area contributed by atoms with Crippen molar-refractivity contribution in [2.45, 2.75) is 38.3 Å². The van der Waals surface area contributed by atoms with Crippen LogP contribution in [0, 0.1) is 0 Å². The predicted octanol–water partition coefficient (Wildman–Crippen LogP) is 0.439. The standard InChI is InChI=1S/C27H35N5O10/c1-4-41-26(38)31-14-12-30(13-15-31)24(36)19(10-11-22(33)34)28-23(35)20-16-21(42-17-27(2,39)25(37)40-3)32(29-20)18-8-6-5-7-9-18/h5-9,16,19,39H,4,10-15,17H2,1-3H3,(H,28,35)(H,33,34)/t19-,27?/m0/s1. The number of rotatable bonds is 12. The third-order valence-corrected chi connectivity index (χ3v) is 6.40. The minimum atomic E-state index is -1.99. The molecule has 42 heavy (non-hydrogen) atoms. The molecule has 2 heterocycles. The number of carboxylic acids is 1. The van der Waals surface area contributed by atoms with Gasteiger partial charge in [-0.1, -0.05) is 18.2 Å². The van der Waals surface area contributed by atoms with Gasteiger partial charge in [-0.05, 0) is 32.4 Å². The highest BCUT2D eigenvalue weighted by Crippen LogP contribution is 2.22. The third kappa shape index (κ3) is 8.19. The number of methoxy groups -OCH3 is 1. The Morgan fingerprint density at radius 3 is 2.31 bits per heavy atom. The number of para-hydroxylation sites is 1. The first kappa shape index (κ1) is 31.9. The Bertz CT molecular complexity index is 1270. The Kier molecular flexibility index (Phi) is 10.8. The quantitative estimate of drug-likeness (QED) is 0.291. The molecule has 15 nitrogen and oxygen atoms in total. The lowest BCUT2D eigenvalue weighted by Crippen LogP contribution is -2.56. The lowest BCUT2D eigenvalue weighted by atomic mass is 10.1. The number of aliphatic hydroxyl groups is 1. The lowest BCUT2D eigenvalue weighted by Gasteiger charge is -2.35. The number of hydrogen-bond acceptors (Lipinski definition) is 10. The predicted molar refractivity (Wildman–Crippen MR) is 145 cm³/mol. The average molecular weight is 590 g/mol. The molecular formula is C27H35N5O10. The summed E-state index contributed by atoms with van der Waals surface area (Å²) in [4.78, 5) is 64.7. The van der Waals surface area contributed by atoms with E-state index < -0.39 is 48.1 Å². The molecule has 2 aromatic rings. The van der Waals surface area contributed by atoms with Gasteiger partial charge in [-0.15, -0.1) is 0 Å². The van der Waals surface area contributed by atoms with Gasteiger partial charge < -0.3 is 39.5 Å². The van der Waals surface area contributed by atoms with E-state index in [1.165, 1.54) is 27.5 Å². The van der Waals surface area contributed by atoms with E-state index >= 15 is 0 Å². The fourth-order valence-corrected chi connectivity index (χ4v) is 4.13. The molecule has 15 heteroatoms. The van der Waals surface area contributed by atoms with E-state index in [-0.39, 0.29) is 57.2 Å². The van der Waals surface area contributed by atoms with Gasteiger partial charge in [0, 0.05) is 38.7 Å². The molecule has 0 saturated carbocycles. The average Bonchev–Trinajstić information content (AvgIpc) is 3.42. The molecule has 1 aromatic heterocycles. The van der Waals surface area contributed by atoms with Crippen molar-refractivity contribution in [3.05, 3.63) is 42.1 Å². The first-order valence-electron chi connectivity index (χ1n) is 13.3. The molecule has 1 aromatic carbocycles. The van der Waals surface area contributed by atoms with E-state index in [1.807, 2.05) is 0 Å². The largest absolute Gasteiger partial charge is 0.481 e. The van der Waals surface area contributed by atoms with Crippen molar-refractivity contribution in [1.29, 1.82) is 0 Å². The summed E-state index contributed by atoms with van der Waals surface area (Å²) in [5.74, 6) is -3.33. The van der Waals surface area contributed by atoms with Crippen LogP contribution in [-0.4, -0.2) is 118 Å². The van der Waals surface area contributed by atoms with Crippen LogP contribution in [0.15, 0.2) is 36.4 Å². The molecule has 3 amide bonds. The van der Waals surface area contributed by atoms with Gasteiger partial charge in [-0.25, -0.2) is 14.3 Å². The zero-order valence-electron chi connectivity index (χ0n) is 23.6. The molecule has 0 aliphatic carbocycles. The summed E-state index contributed by atoms with van der Waals surface area (Å²) < 4.78 is 16.5. The van der Waals surface area contributed by atoms with Gasteiger partial charge >= 0.3 is 18.0 Å². The molecule has 228 valence electrons. The molecule has 1 saturated heterocycles. The summed E-state index contributed by atoms with van der Waals surface area (Å²) in [6.07, 6.45) is -1.04. The van der Waals surface area contributed by atoms with Crippen LogP contribution < -0.4 is 10.1 Å². The number of amides is 3. The number of nitrogens with one attached hydrogen (secondary N) is 1. The first-order valence-corrected chi connectivity index (χ1v) is 13.3. The van der Waals surface area contributed by atoms with E-state index in [9.17, 15) is 34.2 Å². The summed E-state index contributed by atoms with van der Waals surface area (Å²) in [6, 6.07) is 8.69. The Hall–Kier alpha value is -4.66. The van der Waals surface area contributed by atoms with Crippen LogP contribution in [0.5, 0.6) is 5.88 Å². The van der Waals surface area contributed by atoms with Crippen LogP contribution in [0.2, 0.25) is 0 Å². The Morgan fingerprint density at radius 2 is 1.71 bits per heavy atom. The van der Waals surface area contributed by atoms with Crippen molar-refractivity contribution < 1.29 is 48.4 Å². The minimum Gasteiger partial charge on any atom is -0.481 e. The van der Waals surface area contributed by atoms with Gasteiger partial charge in [0.15, 0.2) is 11.3 Å². The van der Waals surface area contributed by atoms with E-state index in [1.54, 1.807) is 37.3 Å².